The van der Waals surface area contributed by atoms with Gasteiger partial charge >= 0.3 is 0 Å². The number of hydrogen-bond acceptors (Lipinski definition) is 2. The number of nitrogens with one attached hydrogen (secondary N) is 1. The van der Waals surface area contributed by atoms with E-state index in [1.54, 1.807) is 0 Å². The van der Waals surface area contributed by atoms with E-state index < -0.39 is 0 Å². The van der Waals surface area contributed by atoms with Crippen LogP contribution in [0.25, 0.3) is 0 Å². The van der Waals surface area contributed by atoms with Crippen molar-refractivity contribution >= 4 is 5.91 Å². The Morgan fingerprint density at radius 3 is 2.95 bits per heavy atom. The van der Waals surface area contributed by atoms with Gasteiger partial charge in [-0.2, -0.15) is 0 Å². The van der Waals surface area contributed by atoms with Gasteiger partial charge in [0.2, 0.25) is 0 Å². The second kappa shape index (κ2) is 7.12. The normalized spacial score (nSPS) is 13.5. The Bertz CT molecular complexity index is 536. The highest BCUT2D eigenvalue weighted by Gasteiger charge is 2.21. The number of carbonyl (C=O) groups is 1. The van der Waals surface area contributed by atoms with Gasteiger partial charge in [0, 0.05) is 18.5 Å². The smallest absolute Gasteiger partial charge is 0.252 e. The minimum Gasteiger partial charge on any atom is -0.395 e. The Morgan fingerprint density at radius 2 is 2.25 bits per heavy atom. The second-order valence-corrected chi connectivity index (χ2v) is 5.31. The molecule has 1 aliphatic rings. The van der Waals surface area contributed by atoms with Crippen LogP contribution in [0.3, 0.4) is 0 Å². The lowest BCUT2D eigenvalue weighted by Crippen LogP contribution is -2.25. The van der Waals surface area contributed by atoms with Gasteiger partial charge in [0.1, 0.15) is 0 Å². The third kappa shape index (κ3) is 4.40. The van der Waals surface area contributed by atoms with Crippen molar-refractivity contribution in [3.8, 4) is 11.8 Å². The third-order valence-corrected chi connectivity index (χ3v) is 3.41. The van der Waals surface area contributed by atoms with Crippen LogP contribution in [0.2, 0.25) is 0 Å². The molecule has 1 fully saturated rings. The molecule has 0 aliphatic heterocycles. The fraction of sp³-hybridized carbons (Fsp3) is 0.471. The van der Waals surface area contributed by atoms with Crippen molar-refractivity contribution in [2.45, 2.75) is 32.6 Å². The summed E-state index contributed by atoms with van der Waals surface area (Å²) in [6.45, 7) is 2.74. The Hall–Kier alpha value is -1.79. The molecule has 0 bridgehead atoms. The largest absolute Gasteiger partial charge is 0.395 e. The van der Waals surface area contributed by atoms with E-state index in [-0.39, 0.29) is 12.5 Å². The van der Waals surface area contributed by atoms with Gasteiger partial charge in [-0.3, -0.25) is 4.79 Å². The predicted octanol–water partition coefficient (Wildman–Crippen LogP) is 2.26. The van der Waals surface area contributed by atoms with Gasteiger partial charge in [-0.1, -0.05) is 36.3 Å². The van der Waals surface area contributed by atoms with Crippen LogP contribution in [0.4, 0.5) is 0 Å². The first kappa shape index (κ1) is 14.6. The Morgan fingerprint density at radius 1 is 1.45 bits per heavy atom. The van der Waals surface area contributed by atoms with Gasteiger partial charge in [0.15, 0.2) is 0 Å². The molecule has 1 saturated carbocycles. The summed E-state index contributed by atoms with van der Waals surface area (Å²) in [7, 11) is 0. The number of aliphatic hydroxyl groups is 1. The van der Waals surface area contributed by atoms with Crippen LogP contribution in [0.1, 0.15) is 47.2 Å². The van der Waals surface area contributed by atoms with Crippen molar-refractivity contribution in [3.05, 3.63) is 34.9 Å². The standard InChI is InChI=1S/C17H21NO2/c1-13-5-8-15(4-2-3-11-19)16(12-13)17(20)18-10-9-14-6-7-14/h5,8,12,14,19H,3,6-7,9-11H2,1H3,(H,18,20). The van der Waals surface area contributed by atoms with Crippen LogP contribution in [-0.4, -0.2) is 24.2 Å². The number of amides is 1. The van der Waals surface area contributed by atoms with Crippen LogP contribution in [0.5, 0.6) is 0 Å². The number of aryl methyl sites for hydroxylation is 1. The minimum atomic E-state index is -0.0531. The maximum atomic E-state index is 12.2. The van der Waals surface area contributed by atoms with E-state index in [1.807, 2.05) is 25.1 Å². The van der Waals surface area contributed by atoms with Crippen molar-refractivity contribution in [1.29, 1.82) is 0 Å². The number of hydrogen-bond donors (Lipinski definition) is 2. The number of benzene rings is 1. The van der Waals surface area contributed by atoms with E-state index in [0.717, 1.165) is 30.0 Å². The molecule has 3 nitrogen and oxygen atoms in total. The summed E-state index contributed by atoms with van der Waals surface area (Å²) in [5.41, 5.74) is 2.41. The Kier molecular flexibility index (Phi) is 5.20. The van der Waals surface area contributed by atoms with E-state index in [1.165, 1.54) is 12.8 Å². The maximum absolute atomic E-state index is 12.2. The fourth-order valence-electron chi connectivity index (χ4n) is 2.06. The van der Waals surface area contributed by atoms with Crippen molar-refractivity contribution in [1.82, 2.24) is 5.32 Å². The number of carbonyl (C=O) groups excluding carboxylic acids is 1. The SMILES string of the molecule is Cc1ccc(C#CCCO)c(C(=O)NCCC2CC2)c1. The Balaban J connectivity index is 2.04. The van der Waals surface area contributed by atoms with E-state index in [9.17, 15) is 4.79 Å². The van der Waals surface area contributed by atoms with Crippen LogP contribution >= 0.6 is 0 Å². The van der Waals surface area contributed by atoms with E-state index in [4.69, 9.17) is 5.11 Å². The number of aliphatic hydroxyl groups excluding tert-OH is 1. The van der Waals surface area contributed by atoms with Crippen LogP contribution < -0.4 is 5.32 Å². The van der Waals surface area contributed by atoms with Gasteiger partial charge < -0.3 is 10.4 Å². The van der Waals surface area contributed by atoms with E-state index in [0.29, 0.717) is 12.0 Å². The molecule has 20 heavy (non-hydrogen) atoms. The lowest BCUT2D eigenvalue weighted by Gasteiger charge is -2.07. The zero-order chi connectivity index (χ0) is 14.4. The Labute approximate surface area is 120 Å². The molecule has 0 unspecified atom stereocenters. The van der Waals surface area contributed by atoms with Gasteiger partial charge in [-0.15, -0.1) is 0 Å². The summed E-state index contributed by atoms with van der Waals surface area (Å²) in [5.74, 6) is 6.60. The maximum Gasteiger partial charge on any atom is 0.252 e. The van der Waals surface area contributed by atoms with Crippen LogP contribution in [-0.2, 0) is 0 Å². The molecule has 106 valence electrons. The molecule has 1 aromatic rings. The molecule has 1 amide bonds. The van der Waals surface area contributed by atoms with Gasteiger partial charge in [0.05, 0.1) is 12.2 Å². The molecule has 2 N–H and O–H groups in total. The molecule has 0 atom stereocenters. The molecule has 2 rings (SSSR count). The molecule has 3 heteroatoms. The summed E-state index contributed by atoms with van der Waals surface area (Å²) < 4.78 is 0. The lowest BCUT2D eigenvalue weighted by molar-refractivity contribution is 0.0952. The predicted molar refractivity (Wildman–Crippen MR) is 79.4 cm³/mol. The first-order chi connectivity index (χ1) is 9.70. The molecule has 1 aromatic carbocycles. The average molecular weight is 271 g/mol. The van der Waals surface area contributed by atoms with Gasteiger partial charge in [-0.25, -0.2) is 0 Å². The molecular formula is C17H21NO2. The van der Waals surface area contributed by atoms with Crippen molar-refractivity contribution < 1.29 is 9.90 Å². The average Bonchev–Trinajstić information content (AvgIpc) is 3.24. The summed E-state index contributed by atoms with van der Waals surface area (Å²) in [4.78, 5) is 12.2. The minimum absolute atomic E-state index is 0.0434. The van der Waals surface area contributed by atoms with Gasteiger partial charge in [-0.05, 0) is 31.4 Å². The fourth-order valence-corrected chi connectivity index (χ4v) is 2.06. The molecule has 0 spiro atoms. The quantitative estimate of drug-likeness (QED) is 0.807. The first-order valence-corrected chi connectivity index (χ1v) is 7.19. The second-order valence-electron chi connectivity index (χ2n) is 5.31. The van der Waals surface area contributed by atoms with Crippen LogP contribution in [0.15, 0.2) is 18.2 Å². The molecule has 0 aromatic heterocycles. The molecule has 0 saturated heterocycles. The van der Waals surface area contributed by atoms with E-state index in [2.05, 4.69) is 17.2 Å². The highest BCUT2D eigenvalue weighted by atomic mass is 16.2. The first-order valence-electron chi connectivity index (χ1n) is 7.19. The summed E-state index contributed by atoms with van der Waals surface area (Å²) in [5, 5.41) is 11.7. The molecule has 0 radical (unpaired) electrons. The summed E-state index contributed by atoms with van der Waals surface area (Å²) >= 11 is 0. The third-order valence-electron chi connectivity index (χ3n) is 3.41. The summed E-state index contributed by atoms with van der Waals surface area (Å²) in [6.07, 6.45) is 4.11. The molecule has 1 aliphatic carbocycles. The zero-order valence-corrected chi connectivity index (χ0v) is 11.9. The van der Waals surface area contributed by atoms with Crippen LogP contribution in [0, 0.1) is 24.7 Å². The van der Waals surface area contributed by atoms with E-state index >= 15 is 0 Å². The van der Waals surface area contributed by atoms with Gasteiger partial charge in [0.25, 0.3) is 5.91 Å². The van der Waals surface area contributed by atoms with Crippen molar-refractivity contribution in [3.63, 3.8) is 0 Å². The number of rotatable bonds is 5. The molecular weight excluding hydrogens is 250 g/mol. The van der Waals surface area contributed by atoms with Crippen molar-refractivity contribution in [2.75, 3.05) is 13.2 Å². The zero-order valence-electron chi connectivity index (χ0n) is 11.9. The monoisotopic (exact) mass is 271 g/mol. The molecule has 0 heterocycles. The highest BCUT2D eigenvalue weighted by Crippen LogP contribution is 2.31. The highest BCUT2D eigenvalue weighted by molar-refractivity contribution is 5.96. The van der Waals surface area contributed by atoms with Crippen molar-refractivity contribution in [2.24, 2.45) is 5.92 Å². The summed E-state index contributed by atoms with van der Waals surface area (Å²) in [6, 6.07) is 5.69. The lowest BCUT2D eigenvalue weighted by atomic mass is 10.0. The topological polar surface area (TPSA) is 49.3 Å².